The number of hydrogen-bond donors (Lipinski definition) is 1. The topological polar surface area (TPSA) is 63.6 Å². The largest absolute Gasteiger partial charge is 0.497 e. The van der Waals surface area contributed by atoms with Gasteiger partial charge in [-0.25, -0.2) is 10.4 Å². The Hall–Kier alpha value is -4.25. The Bertz CT molecular complexity index is 1260. The molecule has 4 rings (SSSR count). The summed E-state index contributed by atoms with van der Waals surface area (Å²) < 4.78 is 5.32. The van der Waals surface area contributed by atoms with Crippen LogP contribution in [0.1, 0.15) is 15.9 Å². The molecule has 1 N–H and O–H groups in total. The zero-order valence-corrected chi connectivity index (χ0v) is 17.0. The number of fused-ring (bicyclic) bond motifs is 1. The van der Waals surface area contributed by atoms with Crippen molar-refractivity contribution in [2.75, 3.05) is 7.11 Å². The van der Waals surface area contributed by atoms with E-state index < -0.39 is 0 Å². The zero-order valence-electron chi connectivity index (χ0n) is 17.0. The number of hydrazone groups is 1. The fourth-order valence-corrected chi connectivity index (χ4v) is 3.21. The number of rotatable bonds is 6. The van der Waals surface area contributed by atoms with Crippen molar-refractivity contribution >= 4 is 29.1 Å². The number of nitrogens with zero attached hydrogens (tertiary/aromatic N) is 2. The summed E-state index contributed by atoms with van der Waals surface area (Å²) in [4.78, 5) is 17.6. The van der Waals surface area contributed by atoms with Gasteiger partial charge in [0.25, 0.3) is 5.91 Å². The number of amides is 1. The van der Waals surface area contributed by atoms with Crippen molar-refractivity contribution in [3.05, 3.63) is 102 Å². The second-order valence-corrected chi connectivity index (χ2v) is 6.79. The monoisotopic (exact) mass is 407 g/mol. The highest BCUT2D eigenvalue weighted by atomic mass is 16.5. The van der Waals surface area contributed by atoms with Crippen molar-refractivity contribution in [2.45, 2.75) is 0 Å². The van der Waals surface area contributed by atoms with Crippen LogP contribution in [0.5, 0.6) is 5.75 Å². The molecule has 1 heterocycles. The first-order chi connectivity index (χ1) is 15.2. The number of ether oxygens (including phenoxy) is 1. The third-order valence-electron chi connectivity index (χ3n) is 4.74. The lowest BCUT2D eigenvalue weighted by Crippen LogP contribution is -2.18. The number of allylic oxidation sites excluding steroid dienone is 1. The number of methoxy groups -OCH3 is 1. The number of benzene rings is 3. The third-order valence-corrected chi connectivity index (χ3v) is 4.74. The maximum Gasteiger partial charge on any atom is 0.272 e. The minimum absolute atomic E-state index is 0.299. The van der Waals surface area contributed by atoms with E-state index in [4.69, 9.17) is 9.72 Å². The summed E-state index contributed by atoms with van der Waals surface area (Å²) in [7, 11) is 1.62. The van der Waals surface area contributed by atoms with E-state index in [2.05, 4.69) is 10.5 Å². The van der Waals surface area contributed by atoms with Crippen LogP contribution in [0, 0.1) is 0 Å². The molecule has 152 valence electrons. The Morgan fingerprint density at radius 2 is 1.77 bits per heavy atom. The number of carbonyl (C=O) groups is 1. The molecule has 5 heteroatoms. The average Bonchev–Trinajstić information content (AvgIpc) is 2.83. The predicted octanol–water partition coefficient (Wildman–Crippen LogP) is 5.34. The lowest BCUT2D eigenvalue weighted by Gasteiger charge is -2.09. The van der Waals surface area contributed by atoms with Crippen LogP contribution in [0.4, 0.5) is 0 Å². The Morgan fingerprint density at radius 3 is 2.61 bits per heavy atom. The molecular weight excluding hydrogens is 386 g/mol. The van der Waals surface area contributed by atoms with Gasteiger partial charge < -0.3 is 4.74 Å². The number of pyridine rings is 1. The van der Waals surface area contributed by atoms with E-state index in [0.29, 0.717) is 11.3 Å². The highest BCUT2D eigenvalue weighted by Gasteiger charge is 2.13. The van der Waals surface area contributed by atoms with Gasteiger partial charge >= 0.3 is 0 Å². The van der Waals surface area contributed by atoms with Gasteiger partial charge in [0.15, 0.2) is 0 Å². The van der Waals surface area contributed by atoms with Crippen molar-refractivity contribution in [3.8, 4) is 17.0 Å². The molecule has 0 saturated carbocycles. The number of para-hydroxylation sites is 1. The fourth-order valence-electron chi connectivity index (χ4n) is 3.21. The van der Waals surface area contributed by atoms with E-state index in [1.165, 1.54) is 0 Å². The minimum atomic E-state index is -0.299. The van der Waals surface area contributed by atoms with E-state index >= 15 is 0 Å². The van der Waals surface area contributed by atoms with Crippen molar-refractivity contribution < 1.29 is 9.53 Å². The highest BCUT2D eigenvalue weighted by molar-refractivity contribution is 6.07. The fraction of sp³-hybridized carbons (Fsp3) is 0.0385. The minimum Gasteiger partial charge on any atom is -0.497 e. The van der Waals surface area contributed by atoms with Gasteiger partial charge in [0.05, 0.1) is 23.9 Å². The Labute approximate surface area is 180 Å². The van der Waals surface area contributed by atoms with Crippen molar-refractivity contribution in [3.63, 3.8) is 0 Å². The average molecular weight is 407 g/mol. The van der Waals surface area contributed by atoms with Crippen LogP contribution in [0.2, 0.25) is 0 Å². The Morgan fingerprint density at radius 1 is 0.968 bits per heavy atom. The molecule has 31 heavy (non-hydrogen) atoms. The number of hydrogen-bond acceptors (Lipinski definition) is 4. The normalized spacial score (nSPS) is 11.3. The molecule has 0 aliphatic carbocycles. The SMILES string of the molecule is COc1cccc(-c2cc(C(=O)N/N=C/C=C/c3ccccc3)c3ccccc3n2)c1. The summed E-state index contributed by atoms with van der Waals surface area (Å²) >= 11 is 0. The molecule has 0 atom stereocenters. The van der Waals surface area contributed by atoms with Crippen LogP contribution >= 0.6 is 0 Å². The zero-order chi connectivity index (χ0) is 21.5. The van der Waals surface area contributed by atoms with Crippen LogP contribution in [-0.4, -0.2) is 24.2 Å². The second kappa shape index (κ2) is 9.50. The van der Waals surface area contributed by atoms with E-state index in [0.717, 1.165) is 27.8 Å². The lowest BCUT2D eigenvalue weighted by molar-refractivity contribution is 0.0957. The summed E-state index contributed by atoms with van der Waals surface area (Å²) in [5.41, 5.74) is 6.47. The number of aromatic nitrogens is 1. The van der Waals surface area contributed by atoms with E-state index in [-0.39, 0.29) is 5.91 Å². The molecule has 4 aromatic rings. The van der Waals surface area contributed by atoms with Gasteiger partial charge in [0, 0.05) is 17.2 Å². The van der Waals surface area contributed by atoms with Crippen molar-refractivity contribution in [2.24, 2.45) is 5.10 Å². The molecule has 0 aliphatic rings. The molecule has 1 amide bonds. The van der Waals surface area contributed by atoms with E-state index in [1.807, 2.05) is 84.9 Å². The molecular formula is C26H21N3O2. The third kappa shape index (κ3) is 4.85. The molecule has 0 fully saturated rings. The van der Waals surface area contributed by atoms with Gasteiger partial charge in [-0.2, -0.15) is 5.10 Å². The van der Waals surface area contributed by atoms with Gasteiger partial charge in [0.2, 0.25) is 0 Å². The molecule has 5 nitrogen and oxygen atoms in total. The quantitative estimate of drug-likeness (QED) is 0.347. The standard InChI is InChI=1S/C26H21N3O2/c1-31-21-13-7-12-20(17-21)25-18-23(22-14-5-6-15-24(22)28-25)26(30)29-27-16-8-11-19-9-3-2-4-10-19/h2-18H,1H3,(H,29,30)/b11-8+,27-16+. The first-order valence-electron chi connectivity index (χ1n) is 9.84. The van der Waals surface area contributed by atoms with Crippen LogP contribution in [0.3, 0.4) is 0 Å². The maximum atomic E-state index is 12.9. The van der Waals surface area contributed by atoms with Gasteiger partial charge in [0.1, 0.15) is 5.75 Å². The maximum absolute atomic E-state index is 12.9. The van der Waals surface area contributed by atoms with Gasteiger partial charge in [-0.05, 0) is 35.9 Å². The molecule has 0 radical (unpaired) electrons. The summed E-state index contributed by atoms with van der Waals surface area (Å²) in [6.45, 7) is 0. The first kappa shape index (κ1) is 20.0. The summed E-state index contributed by atoms with van der Waals surface area (Å²) in [5.74, 6) is 0.431. The highest BCUT2D eigenvalue weighted by Crippen LogP contribution is 2.27. The molecule has 0 unspecified atom stereocenters. The first-order valence-corrected chi connectivity index (χ1v) is 9.84. The van der Waals surface area contributed by atoms with Crippen LogP contribution < -0.4 is 10.2 Å². The molecule has 3 aromatic carbocycles. The number of carbonyl (C=O) groups excluding carboxylic acids is 1. The Balaban J connectivity index is 1.60. The van der Waals surface area contributed by atoms with Gasteiger partial charge in [-0.1, -0.05) is 66.7 Å². The molecule has 0 bridgehead atoms. The van der Waals surface area contributed by atoms with E-state index in [1.54, 1.807) is 25.5 Å². The van der Waals surface area contributed by atoms with Gasteiger partial charge in [-0.15, -0.1) is 0 Å². The molecule has 0 spiro atoms. The molecule has 0 aliphatic heterocycles. The Kier molecular flexibility index (Phi) is 6.14. The van der Waals surface area contributed by atoms with Gasteiger partial charge in [-0.3, -0.25) is 4.79 Å². The molecule has 0 saturated heterocycles. The smallest absolute Gasteiger partial charge is 0.272 e. The van der Waals surface area contributed by atoms with Crippen LogP contribution in [0.25, 0.3) is 28.2 Å². The summed E-state index contributed by atoms with van der Waals surface area (Å²) in [6, 6.07) is 26.8. The van der Waals surface area contributed by atoms with Crippen molar-refractivity contribution in [1.82, 2.24) is 10.4 Å². The van der Waals surface area contributed by atoms with Crippen LogP contribution in [0.15, 0.2) is 96.1 Å². The van der Waals surface area contributed by atoms with E-state index in [9.17, 15) is 4.79 Å². The van der Waals surface area contributed by atoms with Crippen molar-refractivity contribution in [1.29, 1.82) is 0 Å². The lowest BCUT2D eigenvalue weighted by atomic mass is 10.0. The predicted molar refractivity (Wildman–Crippen MR) is 125 cm³/mol. The van der Waals surface area contributed by atoms with Crippen LogP contribution in [-0.2, 0) is 0 Å². The summed E-state index contributed by atoms with van der Waals surface area (Å²) in [5, 5.41) is 4.81. The number of nitrogens with one attached hydrogen (secondary N) is 1. The summed E-state index contributed by atoms with van der Waals surface area (Å²) in [6.07, 6.45) is 5.25. The second-order valence-electron chi connectivity index (χ2n) is 6.79. The molecule has 1 aromatic heterocycles.